The third kappa shape index (κ3) is 20.3. The number of rotatable bonds is 22. The van der Waals surface area contributed by atoms with E-state index in [2.05, 4.69) is 93.4 Å². The van der Waals surface area contributed by atoms with Crippen molar-refractivity contribution in [1.29, 1.82) is 0 Å². The van der Waals surface area contributed by atoms with Gasteiger partial charge in [-0.15, -0.1) is 10.2 Å². The van der Waals surface area contributed by atoms with Crippen LogP contribution in [0.3, 0.4) is 0 Å². The number of fused-ring (bicyclic) bond motifs is 4. The molecule has 0 saturated carbocycles. The number of morpholine rings is 1. The van der Waals surface area contributed by atoms with Gasteiger partial charge in [0.1, 0.15) is 50.3 Å². The number of unbranched alkanes of at least 4 members (excludes halogenated alkanes) is 3. The molecule has 0 radical (unpaired) electrons. The number of H-pyrrole nitrogens is 2. The SMILES string of the molecule is CC(=O)c1ccc2n[nH]nc2c1.Cc1ccc(OCCCCC(=O)Nc2ccc3c(c2)nnn3C(=O)N2CCOCC2)c(C)c1.Cc1ccc(OCCCCC(=O)Nc2ccc3c(c2)nnn3C)c(C)c1.Cc1cccc(OCCCCNC(=O)c2ccc3n[nH]nc3c2)c1. The molecule has 0 unspecified atom stereocenters. The Balaban J connectivity index is 0.000000155. The van der Waals surface area contributed by atoms with Crippen LogP contribution in [-0.4, -0.2) is 148 Å². The van der Waals surface area contributed by atoms with Crippen LogP contribution in [0.2, 0.25) is 0 Å². The van der Waals surface area contributed by atoms with Gasteiger partial charge in [-0.05, 0) is 194 Å². The Morgan fingerprint density at radius 1 is 0.516 bits per heavy atom. The van der Waals surface area contributed by atoms with Gasteiger partial charge in [-0.3, -0.25) is 19.2 Å². The van der Waals surface area contributed by atoms with Crippen LogP contribution in [0.1, 0.15) is 107 Å². The smallest absolute Gasteiger partial charge is 0.346 e. The highest BCUT2D eigenvalue weighted by atomic mass is 16.5. The van der Waals surface area contributed by atoms with E-state index in [0.29, 0.717) is 98.9 Å². The molecule has 0 spiro atoms. The maximum Gasteiger partial charge on any atom is 0.346 e. The summed E-state index contributed by atoms with van der Waals surface area (Å²) >= 11 is 0. The van der Waals surface area contributed by atoms with E-state index in [0.717, 1.165) is 100 Å². The van der Waals surface area contributed by atoms with E-state index in [4.69, 9.17) is 18.9 Å². The molecule has 7 aromatic carbocycles. The number of Topliss-reactive ketones (excluding diaryl/α,β-unsaturated/α-hetero) is 1. The zero-order valence-corrected chi connectivity index (χ0v) is 54.6. The minimum atomic E-state index is -0.222. The summed E-state index contributed by atoms with van der Waals surface area (Å²) in [6.07, 6.45) is 5.75. The Labute approximate surface area is 549 Å². The second-order valence-electron chi connectivity index (χ2n) is 23.0. The lowest BCUT2D eigenvalue weighted by Crippen LogP contribution is -2.43. The lowest BCUT2D eigenvalue weighted by atomic mass is 10.1. The molecule has 25 nitrogen and oxygen atoms in total. The number of carbonyl (C=O) groups is 5. The van der Waals surface area contributed by atoms with Crippen LogP contribution in [0.25, 0.3) is 44.1 Å². The number of ketones is 1. The van der Waals surface area contributed by atoms with Gasteiger partial charge in [-0.25, -0.2) is 9.48 Å². The second kappa shape index (κ2) is 34.1. The minimum Gasteiger partial charge on any atom is -0.494 e. The largest absolute Gasteiger partial charge is 0.494 e. The van der Waals surface area contributed by atoms with Crippen LogP contribution in [0.15, 0.2) is 133 Å². The van der Waals surface area contributed by atoms with Crippen molar-refractivity contribution in [2.45, 2.75) is 92.9 Å². The van der Waals surface area contributed by atoms with Crippen molar-refractivity contribution in [2.24, 2.45) is 7.05 Å². The number of nitrogens with one attached hydrogen (secondary N) is 5. The molecule has 1 saturated heterocycles. The monoisotopic (exact) mass is 1290 g/mol. The van der Waals surface area contributed by atoms with Gasteiger partial charge in [0, 0.05) is 62.0 Å². The first-order chi connectivity index (χ1) is 46.0. The summed E-state index contributed by atoms with van der Waals surface area (Å²) in [6, 6.07) is 41.4. The molecule has 0 atom stereocenters. The van der Waals surface area contributed by atoms with E-state index in [-0.39, 0.29) is 29.5 Å². The van der Waals surface area contributed by atoms with E-state index in [1.165, 1.54) is 28.3 Å². The fourth-order valence-corrected chi connectivity index (χ4v) is 10.1. The van der Waals surface area contributed by atoms with E-state index in [9.17, 15) is 24.0 Å². The zero-order valence-electron chi connectivity index (χ0n) is 54.6. The average molecular weight is 1290 g/mol. The Morgan fingerprint density at radius 2 is 1.04 bits per heavy atom. The summed E-state index contributed by atoms with van der Waals surface area (Å²) in [5.41, 5.74) is 14.3. The van der Waals surface area contributed by atoms with E-state index < -0.39 is 0 Å². The molecule has 95 heavy (non-hydrogen) atoms. The number of anilines is 2. The highest BCUT2D eigenvalue weighted by molar-refractivity contribution is 5.98. The predicted molar refractivity (Wildman–Crippen MR) is 363 cm³/mol. The molecule has 1 aliphatic heterocycles. The first kappa shape index (κ1) is 68.4. The lowest BCUT2D eigenvalue weighted by Gasteiger charge is -2.26. The Hall–Kier alpha value is -11.0. The van der Waals surface area contributed by atoms with Crippen molar-refractivity contribution >= 4 is 85.0 Å². The van der Waals surface area contributed by atoms with Crippen LogP contribution in [-0.2, 0) is 21.4 Å². The zero-order chi connectivity index (χ0) is 67.1. The van der Waals surface area contributed by atoms with Gasteiger partial charge in [0.2, 0.25) is 11.8 Å². The number of ether oxygens (including phenoxy) is 4. The molecule has 11 aromatic rings. The molecular weight excluding hydrogens is 1210 g/mol. The van der Waals surface area contributed by atoms with Crippen molar-refractivity contribution in [3.05, 3.63) is 172 Å². The van der Waals surface area contributed by atoms with Crippen molar-refractivity contribution in [3.63, 3.8) is 0 Å². The first-order valence-corrected chi connectivity index (χ1v) is 31.6. The van der Waals surface area contributed by atoms with Gasteiger partial charge >= 0.3 is 6.03 Å². The number of aromatic amines is 2. The summed E-state index contributed by atoms with van der Waals surface area (Å²) in [5.74, 6) is 2.56. The topological polar surface area (TPSA) is 306 Å². The van der Waals surface area contributed by atoms with E-state index >= 15 is 0 Å². The predicted octanol–water partition coefficient (Wildman–Crippen LogP) is 11.3. The molecular formula is C70H80N16O9. The maximum atomic E-state index is 12.7. The Bertz CT molecular complexity index is 4400. The van der Waals surface area contributed by atoms with Crippen molar-refractivity contribution < 1.29 is 42.9 Å². The number of aryl methyl sites for hydroxylation is 6. The number of hydrogen-bond acceptors (Lipinski definition) is 17. The van der Waals surface area contributed by atoms with Gasteiger partial charge < -0.3 is 39.8 Å². The summed E-state index contributed by atoms with van der Waals surface area (Å²) in [4.78, 5) is 61.8. The van der Waals surface area contributed by atoms with Gasteiger partial charge in [0.25, 0.3) is 5.91 Å². The van der Waals surface area contributed by atoms with Gasteiger partial charge in [0.05, 0.1) is 44.1 Å². The van der Waals surface area contributed by atoms with Crippen molar-refractivity contribution in [1.82, 2.24) is 71.0 Å². The number of amides is 4. The number of hydrogen-bond donors (Lipinski definition) is 5. The fraction of sp³-hybridized carbons (Fsp3) is 0.329. The molecule has 12 rings (SSSR count). The van der Waals surface area contributed by atoms with Crippen LogP contribution < -0.4 is 30.2 Å². The van der Waals surface area contributed by atoms with Crippen molar-refractivity contribution in [3.8, 4) is 17.2 Å². The van der Waals surface area contributed by atoms with E-state index in [1.54, 1.807) is 64.2 Å². The number of carbonyl (C=O) groups excluding carboxylic acids is 5. The first-order valence-electron chi connectivity index (χ1n) is 31.6. The highest BCUT2D eigenvalue weighted by Gasteiger charge is 2.22. The Morgan fingerprint density at radius 3 is 1.63 bits per heavy atom. The summed E-state index contributed by atoms with van der Waals surface area (Å²) in [7, 11) is 1.84. The average Bonchev–Trinajstić information content (AvgIpc) is 1.69. The van der Waals surface area contributed by atoms with Gasteiger partial charge in [0.15, 0.2) is 5.78 Å². The number of benzene rings is 7. The van der Waals surface area contributed by atoms with Gasteiger partial charge in [-0.2, -0.15) is 35.5 Å². The molecule has 4 amide bonds. The van der Waals surface area contributed by atoms with Crippen LogP contribution in [0.5, 0.6) is 17.2 Å². The second-order valence-corrected chi connectivity index (χ2v) is 23.0. The molecule has 4 aromatic heterocycles. The third-order valence-electron chi connectivity index (χ3n) is 15.3. The molecule has 0 bridgehead atoms. The van der Waals surface area contributed by atoms with Crippen LogP contribution in [0.4, 0.5) is 16.2 Å². The summed E-state index contributed by atoms with van der Waals surface area (Å²) < 4.78 is 25.6. The summed E-state index contributed by atoms with van der Waals surface area (Å²) in [5, 5.41) is 45.6. The van der Waals surface area contributed by atoms with Crippen LogP contribution in [0, 0.1) is 34.6 Å². The van der Waals surface area contributed by atoms with Gasteiger partial charge in [-0.1, -0.05) is 58.0 Å². The third-order valence-corrected chi connectivity index (χ3v) is 15.3. The summed E-state index contributed by atoms with van der Waals surface area (Å²) in [6.45, 7) is 16.3. The standard InChI is InChI=1S/C24H29N5O4.C20H24N4O2.C18H20N4O2.C8H7N3O/c1-17-6-9-22(18(2)15-17)33-12-4-3-5-23(30)25-19-7-8-21-20(16-19)26-27-29(21)24(31)28-10-13-32-14-11-28;1-14-7-10-19(15(2)12-14)26-11-5-4-6-20(25)21-16-8-9-18-17(13-16)22-23-24(18)3;1-13-5-4-6-15(11-13)24-10-3-2-9-19-18(23)14-7-8-16-17(12-14)21-22-20-16;1-5(12)6-2-3-7-8(4-6)10-11-9-7/h6-9,15-16H,3-5,10-14H2,1-2H3,(H,25,30);7-10,12-13H,4-6,11H2,1-3H3,(H,21,25);4-8,11-12H,2-3,9-10H2,1H3,(H,19,23)(H,20,21,22);2-4H,1H3,(H,9,10,11). The fourth-order valence-electron chi connectivity index (χ4n) is 10.1. The molecule has 0 aliphatic carbocycles. The Kier molecular flexibility index (Phi) is 24.6. The lowest BCUT2D eigenvalue weighted by molar-refractivity contribution is -0.117. The number of aromatic nitrogens is 12. The van der Waals surface area contributed by atoms with Crippen LogP contribution >= 0.6 is 0 Å². The normalized spacial score (nSPS) is 11.8. The number of nitrogens with zero attached hydrogens (tertiary/aromatic N) is 11. The van der Waals surface area contributed by atoms with E-state index in [1.807, 2.05) is 94.5 Å². The molecule has 1 aliphatic rings. The highest BCUT2D eigenvalue weighted by Crippen LogP contribution is 2.23. The molecule has 5 heterocycles. The quantitative estimate of drug-likeness (QED) is 0.0311. The maximum absolute atomic E-state index is 12.7. The molecule has 5 N–H and O–H groups in total. The molecule has 1 fully saturated rings. The van der Waals surface area contributed by atoms with Crippen molar-refractivity contribution in [2.75, 3.05) is 63.3 Å². The molecule has 25 heteroatoms. The molecule has 494 valence electrons. The minimum absolute atomic E-state index is 0.000225.